The maximum Gasteiger partial charge on any atom is 0.399 e. The van der Waals surface area contributed by atoms with Crippen LogP contribution >= 0.6 is 0 Å². The zero-order valence-electron chi connectivity index (χ0n) is 12.3. The van der Waals surface area contributed by atoms with Gasteiger partial charge in [0.2, 0.25) is 0 Å². The van der Waals surface area contributed by atoms with Gasteiger partial charge in [-0.2, -0.15) is 13.2 Å². The molecule has 1 saturated heterocycles. The second kappa shape index (κ2) is 5.41. The van der Waals surface area contributed by atoms with Crippen molar-refractivity contribution in [3.63, 3.8) is 0 Å². The number of allylic oxidation sites excluding steroid dienone is 1. The number of alkyl halides is 3. The molecule has 1 aromatic carbocycles. The van der Waals surface area contributed by atoms with Gasteiger partial charge >= 0.3 is 6.18 Å². The molecule has 1 atom stereocenters. The summed E-state index contributed by atoms with van der Waals surface area (Å²) in [6.07, 6.45) is -1.48. The summed E-state index contributed by atoms with van der Waals surface area (Å²) in [5.74, 6) is -1.56. The van der Waals surface area contributed by atoms with Gasteiger partial charge in [0, 0.05) is 24.5 Å². The molecule has 3 rings (SSSR count). The minimum absolute atomic E-state index is 0.168. The van der Waals surface area contributed by atoms with Crippen LogP contribution in [0.1, 0.15) is 31.2 Å². The lowest BCUT2D eigenvalue weighted by molar-refractivity contribution is -0.140. The number of fused-ring (bicyclic) bond motifs is 1. The monoisotopic (exact) mass is 312 g/mol. The number of hydrogen-bond acceptors (Lipinski definition) is 3. The second-order valence-electron chi connectivity index (χ2n) is 6.14. The van der Waals surface area contributed by atoms with Crippen LogP contribution in [0.15, 0.2) is 30.2 Å². The largest absolute Gasteiger partial charge is 0.495 e. The van der Waals surface area contributed by atoms with Gasteiger partial charge < -0.3 is 15.3 Å². The van der Waals surface area contributed by atoms with Crippen LogP contribution in [0.4, 0.5) is 24.5 Å². The average Bonchev–Trinajstić information content (AvgIpc) is 2.46. The quantitative estimate of drug-likeness (QED) is 0.807. The number of halogens is 3. The Kier molecular flexibility index (Phi) is 3.70. The van der Waals surface area contributed by atoms with Crippen molar-refractivity contribution < 1.29 is 18.3 Å². The Morgan fingerprint density at radius 1 is 1.23 bits per heavy atom. The number of hydrogen-bond donors (Lipinski definition) is 2. The van der Waals surface area contributed by atoms with Gasteiger partial charge in [0.25, 0.3) is 0 Å². The van der Waals surface area contributed by atoms with Crippen LogP contribution in [0.2, 0.25) is 0 Å². The molecule has 120 valence electrons. The summed E-state index contributed by atoms with van der Waals surface area (Å²) in [7, 11) is 0. The summed E-state index contributed by atoms with van der Waals surface area (Å²) in [4.78, 5) is 2.13. The van der Waals surface area contributed by atoms with Gasteiger partial charge in [0.1, 0.15) is 5.92 Å². The summed E-state index contributed by atoms with van der Waals surface area (Å²) < 4.78 is 39.7. The molecule has 0 aliphatic carbocycles. The molecule has 3 nitrogen and oxygen atoms in total. The first-order valence-corrected chi connectivity index (χ1v) is 7.48. The number of rotatable bonds is 1. The van der Waals surface area contributed by atoms with E-state index in [0.717, 1.165) is 37.7 Å². The third kappa shape index (κ3) is 2.87. The molecule has 6 heteroatoms. The fourth-order valence-corrected chi connectivity index (χ4v) is 3.08. The normalized spacial score (nSPS) is 22.8. The predicted octanol–water partition coefficient (Wildman–Crippen LogP) is 4.39. The van der Waals surface area contributed by atoms with Crippen molar-refractivity contribution in [2.45, 2.75) is 31.9 Å². The molecule has 1 unspecified atom stereocenters. The van der Waals surface area contributed by atoms with Crippen molar-refractivity contribution in [1.82, 2.24) is 0 Å². The van der Waals surface area contributed by atoms with E-state index in [2.05, 4.69) is 17.1 Å². The summed E-state index contributed by atoms with van der Waals surface area (Å²) in [5, 5.41) is 12.1. The molecular weight excluding hydrogens is 293 g/mol. The molecule has 0 aromatic heterocycles. The number of nitrogens with zero attached hydrogens (tertiary/aromatic N) is 1. The Hall–Kier alpha value is -1.85. The van der Waals surface area contributed by atoms with Crippen molar-refractivity contribution in [3.05, 3.63) is 35.7 Å². The highest BCUT2D eigenvalue weighted by molar-refractivity contribution is 5.66. The van der Waals surface area contributed by atoms with Crippen molar-refractivity contribution in [2.24, 2.45) is 5.92 Å². The Bertz CT molecular complexity index is 590. The maximum atomic E-state index is 13.2. The van der Waals surface area contributed by atoms with E-state index in [4.69, 9.17) is 0 Å². The Morgan fingerprint density at radius 2 is 1.91 bits per heavy atom. The van der Waals surface area contributed by atoms with E-state index < -0.39 is 18.0 Å². The zero-order valence-corrected chi connectivity index (χ0v) is 12.3. The number of nitrogens with one attached hydrogen (secondary N) is 1. The van der Waals surface area contributed by atoms with Crippen molar-refractivity contribution in [2.75, 3.05) is 23.3 Å². The Morgan fingerprint density at radius 3 is 2.55 bits per heavy atom. The van der Waals surface area contributed by atoms with E-state index in [-0.39, 0.29) is 5.56 Å². The van der Waals surface area contributed by atoms with Crippen LogP contribution in [-0.2, 0) is 0 Å². The van der Waals surface area contributed by atoms with E-state index in [1.807, 2.05) is 6.07 Å². The third-order valence-corrected chi connectivity index (χ3v) is 4.46. The molecule has 0 bridgehead atoms. The molecule has 1 fully saturated rings. The van der Waals surface area contributed by atoms with Crippen LogP contribution in [0.5, 0.6) is 0 Å². The molecular formula is C16H19F3N2O. The van der Waals surface area contributed by atoms with Gasteiger partial charge in [-0.3, -0.25) is 0 Å². The van der Waals surface area contributed by atoms with Gasteiger partial charge in [-0.25, -0.2) is 0 Å². The summed E-state index contributed by atoms with van der Waals surface area (Å²) in [5.41, 5.74) is 1.30. The first kappa shape index (κ1) is 15.1. The average molecular weight is 312 g/mol. The number of aliphatic hydroxyl groups excluding tert-OH is 1. The van der Waals surface area contributed by atoms with Crippen LogP contribution in [0.3, 0.4) is 0 Å². The number of aliphatic hydroxyl groups is 1. The molecule has 0 saturated carbocycles. The zero-order chi connectivity index (χ0) is 15.9. The third-order valence-electron chi connectivity index (χ3n) is 4.46. The minimum atomic E-state index is -4.42. The van der Waals surface area contributed by atoms with Gasteiger partial charge in [0.15, 0.2) is 5.88 Å². The standard InChI is InChI=1S/C16H19F3N2O/c1-10-4-6-21(7-5-10)11-2-3-14-12(8-11)13(16(17,18)19)9-15(22)20-14/h2-3,8-10,13,20,22H,4-7H2,1H3. The summed E-state index contributed by atoms with van der Waals surface area (Å²) in [6.45, 7) is 3.93. The number of benzene rings is 1. The molecule has 22 heavy (non-hydrogen) atoms. The lowest BCUT2D eigenvalue weighted by Crippen LogP contribution is -2.33. The fourth-order valence-electron chi connectivity index (χ4n) is 3.08. The Labute approximate surface area is 127 Å². The highest BCUT2D eigenvalue weighted by Crippen LogP contribution is 2.43. The second-order valence-corrected chi connectivity index (χ2v) is 6.14. The minimum Gasteiger partial charge on any atom is -0.495 e. The van der Waals surface area contributed by atoms with E-state index in [9.17, 15) is 18.3 Å². The molecule has 0 radical (unpaired) electrons. The van der Waals surface area contributed by atoms with E-state index in [1.54, 1.807) is 12.1 Å². The fraction of sp³-hybridized carbons (Fsp3) is 0.500. The molecule has 2 heterocycles. The molecule has 0 amide bonds. The SMILES string of the molecule is CC1CCN(c2ccc3c(c2)C(C(F)(F)F)C=C(O)N3)CC1. The van der Waals surface area contributed by atoms with Crippen LogP contribution < -0.4 is 10.2 Å². The molecule has 2 aliphatic rings. The maximum absolute atomic E-state index is 13.2. The van der Waals surface area contributed by atoms with Gasteiger partial charge in [-0.05, 0) is 48.6 Å². The first-order valence-electron chi connectivity index (χ1n) is 7.48. The molecule has 2 aliphatic heterocycles. The Balaban J connectivity index is 1.93. The topological polar surface area (TPSA) is 35.5 Å². The van der Waals surface area contributed by atoms with Gasteiger partial charge in [0.05, 0.1) is 0 Å². The van der Waals surface area contributed by atoms with Gasteiger partial charge in [-0.15, -0.1) is 0 Å². The first-order chi connectivity index (χ1) is 10.3. The molecule has 1 aromatic rings. The van der Waals surface area contributed by atoms with Gasteiger partial charge in [-0.1, -0.05) is 6.92 Å². The van der Waals surface area contributed by atoms with E-state index in [0.29, 0.717) is 11.6 Å². The highest BCUT2D eigenvalue weighted by Gasteiger charge is 2.42. The van der Waals surface area contributed by atoms with E-state index >= 15 is 0 Å². The molecule has 2 N–H and O–H groups in total. The van der Waals surface area contributed by atoms with Crippen LogP contribution in [-0.4, -0.2) is 24.4 Å². The predicted molar refractivity (Wildman–Crippen MR) is 80.2 cm³/mol. The lowest BCUT2D eigenvalue weighted by atomic mass is 9.92. The molecule has 0 spiro atoms. The van der Waals surface area contributed by atoms with E-state index in [1.165, 1.54) is 0 Å². The smallest absolute Gasteiger partial charge is 0.399 e. The van der Waals surface area contributed by atoms with Crippen molar-refractivity contribution >= 4 is 11.4 Å². The lowest BCUT2D eigenvalue weighted by Gasteiger charge is -2.33. The number of anilines is 2. The summed E-state index contributed by atoms with van der Waals surface area (Å²) in [6, 6.07) is 5.03. The summed E-state index contributed by atoms with van der Waals surface area (Å²) >= 11 is 0. The van der Waals surface area contributed by atoms with Crippen LogP contribution in [0.25, 0.3) is 0 Å². The number of piperidine rings is 1. The van der Waals surface area contributed by atoms with Crippen molar-refractivity contribution in [3.8, 4) is 0 Å². The van der Waals surface area contributed by atoms with Crippen molar-refractivity contribution in [1.29, 1.82) is 0 Å². The highest BCUT2D eigenvalue weighted by atomic mass is 19.4. The van der Waals surface area contributed by atoms with Crippen LogP contribution in [0, 0.1) is 5.92 Å².